The number of amides is 1. The van der Waals surface area contributed by atoms with E-state index in [1.165, 1.54) is 0 Å². The van der Waals surface area contributed by atoms with Crippen LogP contribution in [0.15, 0.2) is 53.3 Å². The summed E-state index contributed by atoms with van der Waals surface area (Å²) in [7, 11) is 0. The number of hydrogen-bond acceptors (Lipinski definition) is 2. The van der Waals surface area contributed by atoms with Crippen LogP contribution in [-0.4, -0.2) is 15.5 Å². The van der Waals surface area contributed by atoms with Crippen LogP contribution < -0.4 is 5.73 Å². The van der Waals surface area contributed by atoms with Crippen molar-refractivity contribution in [3.63, 3.8) is 0 Å². The normalized spacial score (nSPS) is 10.8. The number of carbonyl (C=O) groups is 1. The van der Waals surface area contributed by atoms with Gasteiger partial charge in [-0.05, 0) is 30.3 Å². The molecule has 0 aliphatic carbocycles. The van der Waals surface area contributed by atoms with E-state index in [1.807, 2.05) is 34.9 Å². The minimum Gasteiger partial charge on any atom is -0.366 e. The Kier molecular flexibility index (Phi) is 2.83. The first kappa shape index (κ1) is 11.9. The lowest BCUT2D eigenvalue weighted by molar-refractivity contribution is 0.100. The third kappa shape index (κ3) is 2.02. The molecule has 0 atom stereocenters. The van der Waals surface area contributed by atoms with Crippen molar-refractivity contribution in [1.82, 2.24) is 9.55 Å². The van der Waals surface area contributed by atoms with Crippen molar-refractivity contribution >= 4 is 32.9 Å². The van der Waals surface area contributed by atoms with Crippen molar-refractivity contribution in [2.45, 2.75) is 0 Å². The average Bonchev–Trinajstić information content (AvgIpc) is 2.82. The summed E-state index contributed by atoms with van der Waals surface area (Å²) in [5.41, 5.74) is 8.42. The van der Waals surface area contributed by atoms with Gasteiger partial charge in [-0.15, -0.1) is 0 Å². The quantitative estimate of drug-likeness (QED) is 0.790. The van der Waals surface area contributed by atoms with Crippen molar-refractivity contribution in [2.24, 2.45) is 5.73 Å². The lowest BCUT2D eigenvalue weighted by atomic mass is 10.1. The van der Waals surface area contributed by atoms with Crippen LogP contribution in [0.5, 0.6) is 0 Å². The number of rotatable bonds is 2. The van der Waals surface area contributed by atoms with Crippen molar-refractivity contribution < 1.29 is 4.79 Å². The highest BCUT2D eigenvalue weighted by atomic mass is 79.9. The van der Waals surface area contributed by atoms with E-state index in [0.717, 1.165) is 21.2 Å². The monoisotopic (exact) mass is 315 g/mol. The van der Waals surface area contributed by atoms with E-state index in [1.54, 1.807) is 18.5 Å². The SMILES string of the molecule is NC(=O)c1ccc(Br)cc1-n1cnc2ccccc21. The molecule has 3 aromatic rings. The number of nitrogens with two attached hydrogens (primary N) is 1. The fourth-order valence-corrected chi connectivity index (χ4v) is 2.41. The van der Waals surface area contributed by atoms with Gasteiger partial charge in [0, 0.05) is 4.47 Å². The van der Waals surface area contributed by atoms with Crippen LogP contribution in [0.1, 0.15) is 10.4 Å². The highest BCUT2D eigenvalue weighted by molar-refractivity contribution is 9.10. The summed E-state index contributed by atoms with van der Waals surface area (Å²) in [5, 5.41) is 0. The van der Waals surface area contributed by atoms with Gasteiger partial charge >= 0.3 is 0 Å². The van der Waals surface area contributed by atoms with Crippen molar-refractivity contribution in [2.75, 3.05) is 0 Å². The smallest absolute Gasteiger partial charge is 0.250 e. The van der Waals surface area contributed by atoms with E-state index in [4.69, 9.17) is 5.73 Å². The number of hydrogen-bond donors (Lipinski definition) is 1. The van der Waals surface area contributed by atoms with Crippen molar-refractivity contribution in [3.8, 4) is 5.69 Å². The summed E-state index contributed by atoms with van der Waals surface area (Å²) < 4.78 is 2.74. The Bertz CT molecular complexity index is 779. The maximum Gasteiger partial charge on any atom is 0.250 e. The number of halogens is 1. The van der Waals surface area contributed by atoms with E-state index < -0.39 is 5.91 Å². The van der Waals surface area contributed by atoms with Gasteiger partial charge in [-0.1, -0.05) is 28.1 Å². The van der Waals surface area contributed by atoms with E-state index in [0.29, 0.717) is 5.56 Å². The Morgan fingerprint density at radius 1 is 1.21 bits per heavy atom. The number of para-hydroxylation sites is 2. The first-order chi connectivity index (χ1) is 9.16. The zero-order valence-electron chi connectivity index (χ0n) is 9.88. The molecule has 0 bridgehead atoms. The predicted molar refractivity (Wildman–Crippen MR) is 77.3 cm³/mol. The molecule has 1 amide bonds. The van der Waals surface area contributed by atoms with Gasteiger partial charge in [0.1, 0.15) is 6.33 Å². The molecule has 94 valence electrons. The van der Waals surface area contributed by atoms with E-state index in [9.17, 15) is 4.79 Å². The van der Waals surface area contributed by atoms with Gasteiger partial charge in [-0.3, -0.25) is 9.36 Å². The van der Waals surface area contributed by atoms with E-state index in [2.05, 4.69) is 20.9 Å². The Hall–Kier alpha value is -2.14. The zero-order valence-corrected chi connectivity index (χ0v) is 11.5. The summed E-state index contributed by atoms with van der Waals surface area (Å²) >= 11 is 3.41. The fraction of sp³-hybridized carbons (Fsp3) is 0. The van der Waals surface area contributed by atoms with Crippen molar-refractivity contribution in [1.29, 1.82) is 0 Å². The molecule has 0 aliphatic rings. The predicted octanol–water partition coefficient (Wildman–Crippen LogP) is 2.89. The Labute approximate surface area is 118 Å². The van der Waals surface area contributed by atoms with Gasteiger partial charge in [0.05, 0.1) is 22.3 Å². The number of benzene rings is 2. The largest absolute Gasteiger partial charge is 0.366 e. The topological polar surface area (TPSA) is 60.9 Å². The van der Waals surface area contributed by atoms with Gasteiger partial charge in [0.15, 0.2) is 0 Å². The van der Waals surface area contributed by atoms with Crippen LogP contribution in [-0.2, 0) is 0 Å². The fourth-order valence-electron chi connectivity index (χ4n) is 2.06. The van der Waals surface area contributed by atoms with Gasteiger partial charge in [-0.2, -0.15) is 0 Å². The first-order valence-electron chi connectivity index (χ1n) is 5.68. The standard InChI is InChI=1S/C14H10BrN3O/c15-9-5-6-10(14(16)19)13(7-9)18-8-17-11-3-1-2-4-12(11)18/h1-8H,(H2,16,19). The van der Waals surface area contributed by atoms with Crippen LogP contribution in [0, 0.1) is 0 Å². The zero-order chi connectivity index (χ0) is 13.4. The molecule has 0 spiro atoms. The Morgan fingerprint density at radius 3 is 2.79 bits per heavy atom. The molecule has 0 saturated heterocycles. The van der Waals surface area contributed by atoms with Gasteiger partial charge in [-0.25, -0.2) is 4.98 Å². The highest BCUT2D eigenvalue weighted by Gasteiger charge is 2.12. The average molecular weight is 316 g/mol. The summed E-state index contributed by atoms with van der Waals surface area (Å²) in [6, 6.07) is 13.1. The van der Waals surface area contributed by atoms with Gasteiger partial charge in [0.2, 0.25) is 0 Å². The van der Waals surface area contributed by atoms with E-state index in [-0.39, 0.29) is 0 Å². The molecule has 0 aliphatic heterocycles. The summed E-state index contributed by atoms with van der Waals surface area (Å²) in [6.07, 6.45) is 1.69. The first-order valence-corrected chi connectivity index (χ1v) is 6.48. The molecule has 0 unspecified atom stereocenters. The number of imidazole rings is 1. The molecule has 5 heteroatoms. The van der Waals surface area contributed by atoms with Crippen LogP contribution in [0.4, 0.5) is 0 Å². The molecule has 1 heterocycles. The molecule has 3 rings (SSSR count). The molecule has 0 radical (unpaired) electrons. The molecule has 0 saturated carbocycles. The molecular weight excluding hydrogens is 306 g/mol. The third-order valence-electron chi connectivity index (χ3n) is 2.94. The second-order valence-corrected chi connectivity index (χ2v) is 5.04. The third-order valence-corrected chi connectivity index (χ3v) is 3.43. The highest BCUT2D eigenvalue weighted by Crippen LogP contribution is 2.24. The summed E-state index contributed by atoms with van der Waals surface area (Å²) in [5.74, 6) is -0.458. The summed E-state index contributed by atoms with van der Waals surface area (Å²) in [6.45, 7) is 0. The van der Waals surface area contributed by atoms with Crippen LogP contribution >= 0.6 is 15.9 Å². The lowest BCUT2D eigenvalue weighted by Crippen LogP contribution is -2.14. The molecule has 4 nitrogen and oxygen atoms in total. The number of carbonyl (C=O) groups excluding carboxylic acids is 1. The van der Waals surface area contributed by atoms with Gasteiger partial charge in [0.25, 0.3) is 5.91 Å². The summed E-state index contributed by atoms with van der Waals surface area (Å²) in [4.78, 5) is 15.9. The molecular formula is C14H10BrN3O. The van der Waals surface area contributed by atoms with Crippen LogP contribution in [0.3, 0.4) is 0 Å². The number of aromatic nitrogens is 2. The Morgan fingerprint density at radius 2 is 2.00 bits per heavy atom. The molecule has 0 fully saturated rings. The molecule has 2 aromatic carbocycles. The maximum atomic E-state index is 11.5. The minimum atomic E-state index is -0.458. The maximum absolute atomic E-state index is 11.5. The number of nitrogens with zero attached hydrogens (tertiary/aromatic N) is 2. The second kappa shape index (κ2) is 4.51. The van der Waals surface area contributed by atoms with Crippen molar-refractivity contribution in [3.05, 3.63) is 58.8 Å². The van der Waals surface area contributed by atoms with Gasteiger partial charge < -0.3 is 5.73 Å². The number of primary amides is 1. The molecule has 19 heavy (non-hydrogen) atoms. The lowest BCUT2D eigenvalue weighted by Gasteiger charge is -2.09. The molecule has 1 aromatic heterocycles. The van der Waals surface area contributed by atoms with E-state index >= 15 is 0 Å². The minimum absolute atomic E-state index is 0.458. The van der Waals surface area contributed by atoms with Crippen LogP contribution in [0.2, 0.25) is 0 Å². The Balaban J connectivity index is 2.32. The van der Waals surface area contributed by atoms with Crippen LogP contribution in [0.25, 0.3) is 16.7 Å². The second-order valence-electron chi connectivity index (χ2n) is 4.13. The number of fused-ring (bicyclic) bond motifs is 1. The molecule has 2 N–H and O–H groups in total.